The number of halogens is 3. The second kappa shape index (κ2) is 6.59. The number of aryl methyl sites for hydroxylation is 1. The molecule has 1 unspecified atom stereocenters. The largest absolute Gasteiger partial charge is 0.432 e. The van der Waals surface area contributed by atoms with Crippen LogP contribution in [-0.2, 0) is 6.54 Å². The third-order valence-corrected chi connectivity index (χ3v) is 5.81. The average Bonchev–Trinajstić information content (AvgIpc) is 3.27. The Morgan fingerprint density at radius 1 is 1.43 bits per heavy atom. The third-order valence-electron chi connectivity index (χ3n) is 4.86. The fourth-order valence-corrected chi connectivity index (χ4v) is 4.36. The molecule has 0 spiro atoms. The van der Waals surface area contributed by atoms with Crippen LogP contribution in [0.1, 0.15) is 33.9 Å². The molecular weight excluding hydrogens is 395 g/mol. The standard InChI is InChI=1S/C17H18F3N5O2S/c1-8-14(15(27)21-2)25-13(26)5-10(22-16(25)28-8)7-24-12(17(18,19)20)6-11(23-24)9-3-4-9/h5-6,9,11,23H,3-4,7H2,1-2H3,(H,21,27). The molecule has 0 bridgehead atoms. The predicted octanol–water partition coefficient (Wildman–Crippen LogP) is 1.97. The summed E-state index contributed by atoms with van der Waals surface area (Å²) >= 11 is 1.15. The van der Waals surface area contributed by atoms with Crippen LogP contribution in [0.25, 0.3) is 4.96 Å². The number of fused-ring (bicyclic) bond motifs is 1. The molecule has 150 valence electrons. The number of amides is 1. The topological polar surface area (TPSA) is 78.7 Å². The van der Waals surface area contributed by atoms with Gasteiger partial charge < -0.3 is 5.32 Å². The monoisotopic (exact) mass is 413 g/mol. The lowest BCUT2D eigenvalue weighted by molar-refractivity contribution is -0.114. The van der Waals surface area contributed by atoms with Crippen molar-refractivity contribution >= 4 is 22.2 Å². The Labute approximate surface area is 161 Å². The maximum atomic E-state index is 13.4. The van der Waals surface area contributed by atoms with Gasteiger partial charge in [-0.3, -0.25) is 14.6 Å². The number of hydrogen-bond acceptors (Lipinski definition) is 6. The maximum Gasteiger partial charge on any atom is 0.432 e. The lowest BCUT2D eigenvalue weighted by Gasteiger charge is -2.24. The molecule has 7 nitrogen and oxygen atoms in total. The first kappa shape index (κ1) is 18.9. The molecule has 2 aromatic rings. The highest BCUT2D eigenvalue weighted by atomic mass is 32.1. The van der Waals surface area contributed by atoms with Gasteiger partial charge in [-0.15, -0.1) is 11.3 Å². The molecule has 1 fully saturated rings. The van der Waals surface area contributed by atoms with Crippen molar-refractivity contribution in [3.05, 3.63) is 44.5 Å². The third kappa shape index (κ3) is 3.28. The van der Waals surface area contributed by atoms with E-state index >= 15 is 0 Å². The number of hydrogen-bond donors (Lipinski definition) is 2. The van der Waals surface area contributed by atoms with E-state index in [2.05, 4.69) is 15.7 Å². The molecule has 2 aliphatic rings. The minimum Gasteiger partial charge on any atom is -0.354 e. The van der Waals surface area contributed by atoms with E-state index in [4.69, 9.17) is 0 Å². The van der Waals surface area contributed by atoms with Gasteiger partial charge in [-0.1, -0.05) is 0 Å². The van der Waals surface area contributed by atoms with Crippen molar-refractivity contribution in [3.8, 4) is 0 Å². The smallest absolute Gasteiger partial charge is 0.354 e. The second-order valence-corrected chi connectivity index (χ2v) is 8.10. The van der Waals surface area contributed by atoms with E-state index in [9.17, 15) is 22.8 Å². The van der Waals surface area contributed by atoms with Crippen molar-refractivity contribution in [2.45, 2.75) is 38.5 Å². The number of carbonyl (C=O) groups excluding carboxylic acids is 1. The Bertz CT molecular complexity index is 1040. The lowest BCUT2D eigenvalue weighted by Crippen LogP contribution is -2.40. The molecule has 1 aliphatic carbocycles. The number of allylic oxidation sites excluding steroid dienone is 1. The van der Waals surface area contributed by atoms with Gasteiger partial charge in [0.1, 0.15) is 11.4 Å². The van der Waals surface area contributed by atoms with Gasteiger partial charge in [-0.25, -0.2) is 14.8 Å². The molecule has 0 radical (unpaired) electrons. The van der Waals surface area contributed by atoms with Gasteiger partial charge in [0, 0.05) is 24.0 Å². The molecule has 2 aromatic heterocycles. The van der Waals surface area contributed by atoms with Gasteiger partial charge >= 0.3 is 6.18 Å². The summed E-state index contributed by atoms with van der Waals surface area (Å²) in [5, 5.41) is 3.49. The summed E-state index contributed by atoms with van der Waals surface area (Å²) in [6.07, 6.45) is -1.49. The van der Waals surface area contributed by atoms with Crippen LogP contribution >= 0.6 is 11.3 Å². The fourth-order valence-electron chi connectivity index (χ4n) is 3.37. The summed E-state index contributed by atoms with van der Waals surface area (Å²) < 4.78 is 41.4. The van der Waals surface area contributed by atoms with Crippen molar-refractivity contribution in [3.63, 3.8) is 0 Å². The van der Waals surface area contributed by atoms with E-state index in [0.29, 0.717) is 4.88 Å². The van der Waals surface area contributed by atoms with Gasteiger partial charge in [0.15, 0.2) is 4.96 Å². The molecule has 1 saturated carbocycles. The summed E-state index contributed by atoms with van der Waals surface area (Å²) in [4.78, 5) is 29.8. The highest BCUT2D eigenvalue weighted by Crippen LogP contribution is 2.40. The summed E-state index contributed by atoms with van der Waals surface area (Å²) in [7, 11) is 1.46. The number of rotatable bonds is 4. The maximum absolute atomic E-state index is 13.4. The Balaban J connectivity index is 1.68. The average molecular weight is 413 g/mol. The molecule has 4 rings (SSSR count). The van der Waals surface area contributed by atoms with Crippen LogP contribution in [0.3, 0.4) is 0 Å². The summed E-state index contributed by atoms with van der Waals surface area (Å²) in [6, 6.07) is 0.816. The molecule has 1 atom stereocenters. The van der Waals surface area contributed by atoms with E-state index in [1.54, 1.807) is 6.92 Å². The molecule has 3 heterocycles. The summed E-state index contributed by atoms with van der Waals surface area (Å²) in [5.74, 6) is -0.213. The fraction of sp³-hybridized carbons (Fsp3) is 0.471. The van der Waals surface area contributed by atoms with Crippen LogP contribution in [0.4, 0.5) is 13.2 Å². The van der Waals surface area contributed by atoms with Gasteiger partial charge in [-0.05, 0) is 31.8 Å². The van der Waals surface area contributed by atoms with Gasteiger partial charge in [-0.2, -0.15) is 13.2 Å². The molecule has 0 saturated heterocycles. The van der Waals surface area contributed by atoms with E-state index in [1.165, 1.54) is 23.6 Å². The normalized spacial score (nSPS) is 20.0. The molecule has 1 aliphatic heterocycles. The number of carbonyl (C=O) groups is 1. The molecule has 28 heavy (non-hydrogen) atoms. The van der Waals surface area contributed by atoms with Crippen LogP contribution in [0.5, 0.6) is 0 Å². The zero-order chi connectivity index (χ0) is 20.2. The SMILES string of the molecule is CNC(=O)c1c(C)sc2nc(CN3NC(C4CC4)C=C3C(F)(F)F)cc(=O)n12. The zero-order valence-corrected chi connectivity index (χ0v) is 15.9. The van der Waals surface area contributed by atoms with Crippen molar-refractivity contribution in [2.75, 3.05) is 7.05 Å². The Morgan fingerprint density at radius 3 is 2.75 bits per heavy atom. The second-order valence-electron chi connectivity index (χ2n) is 6.92. The van der Waals surface area contributed by atoms with E-state index in [-0.39, 0.29) is 34.9 Å². The molecular formula is C17H18F3N5O2S. The molecule has 1 amide bonds. The minimum absolute atomic E-state index is 0.190. The Morgan fingerprint density at radius 2 is 2.14 bits per heavy atom. The highest BCUT2D eigenvalue weighted by molar-refractivity contribution is 7.17. The van der Waals surface area contributed by atoms with E-state index in [1.807, 2.05) is 0 Å². The van der Waals surface area contributed by atoms with Crippen molar-refractivity contribution in [1.29, 1.82) is 0 Å². The van der Waals surface area contributed by atoms with Gasteiger partial charge in [0.2, 0.25) is 0 Å². The number of nitrogens with one attached hydrogen (secondary N) is 2. The number of nitrogens with zero attached hydrogens (tertiary/aromatic N) is 3. The van der Waals surface area contributed by atoms with Crippen LogP contribution in [0.2, 0.25) is 0 Å². The van der Waals surface area contributed by atoms with E-state index < -0.39 is 23.3 Å². The van der Waals surface area contributed by atoms with Gasteiger partial charge in [0.05, 0.1) is 12.2 Å². The summed E-state index contributed by atoms with van der Waals surface area (Å²) in [6.45, 7) is 1.49. The van der Waals surface area contributed by atoms with Crippen molar-refractivity contribution < 1.29 is 18.0 Å². The van der Waals surface area contributed by atoms with Crippen LogP contribution in [0.15, 0.2) is 22.6 Å². The number of aromatic nitrogens is 2. The zero-order valence-electron chi connectivity index (χ0n) is 15.1. The Kier molecular flexibility index (Phi) is 4.46. The quantitative estimate of drug-likeness (QED) is 0.801. The number of hydrazine groups is 1. The number of thiazole rings is 1. The highest BCUT2D eigenvalue weighted by Gasteiger charge is 2.45. The van der Waals surface area contributed by atoms with Crippen molar-refractivity contribution in [2.24, 2.45) is 5.92 Å². The molecule has 11 heteroatoms. The van der Waals surface area contributed by atoms with Crippen LogP contribution in [-0.4, -0.2) is 39.6 Å². The summed E-state index contributed by atoms with van der Waals surface area (Å²) in [5.41, 5.74) is 2.01. The first-order valence-corrected chi connectivity index (χ1v) is 9.57. The Hall–Kier alpha value is -2.40. The van der Waals surface area contributed by atoms with E-state index in [0.717, 1.165) is 29.2 Å². The first-order valence-electron chi connectivity index (χ1n) is 8.76. The van der Waals surface area contributed by atoms with Crippen LogP contribution < -0.4 is 16.3 Å². The molecule has 0 aromatic carbocycles. The van der Waals surface area contributed by atoms with Crippen molar-refractivity contribution in [1.82, 2.24) is 25.1 Å². The minimum atomic E-state index is -4.50. The lowest BCUT2D eigenvalue weighted by atomic mass is 10.2. The number of alkyl halides is 3. The first-order chi connectivity index (χ1) is 13.2. The molecule has 2 N–H and O–H groups in total. The van der Waals surface area contributed by atoms with Crippen LogP contribution in [0, 0.1) is 12.8 Å². The van der Waals surface area contributed by atoms with Gasteiger partial charge in [0.25, 0.3) is 11.5 Å². The predicted molar refractivity (Wildman–Crippen MR) is 96.8 cm³/mol.